The van der Waals surface area contributed by atoms with Gasteiger partial charge >= 0.3 is 5.97 Å². The second-order valence-corrected chi connectivity index (χ2v) is 5.41. The summed E-state index contributed by atoms with van der Waals surface area (Å²) in [5, 5.41) is 9.03. The number of aromatic nitrogens is 1. The molecule has 110 valence electrons. The Balaban J connectivity index is 1.99. The fourth-order valence-corrected chi connectivity index (χ4v) is 2.52. The molecule has 3 N–H and O–H groups in total. The number of thiazole rings is 1. The maximum Gasteiger partial charge on any atom is 0.328 e. The standard InChI is InChI=1S/C15H17N3O2S/c16-7-1-4-12(15(19)20)17-8-2-3-11-5-6-14-13(9-11)18-10-21-14/h2-3,5-6,8-10,12H,1,4,7,16H2,(H,19,20)/b3-2+,17-8?. The van der Waals surface area contributed by atoms with Crippen molar-refractivity contribution in [3.8, 4) is 0 Å². The molecule has 0 saturated carbocycles. The number of rotatable bonds is 7. The lowest BCUT2D eigenvalue weighted by molar-refractivity contribution is -0.138. The molecule has 6 heteroatoms. The van der Waals surface area contributed by atoms with Crippen molar-refractivity contribution in [3.05, 3.63) is 35.3 Å². The van der Waals surface area contributed by atoms with Crippen molar-refractivity contribution < 1.29 is 9.90 Å². The van der Waals surface area contributed by atoms with Gasteiger partial charge in [-0.1, -0.05) is 12.1 Å². The third-order valence-corrected chi connectivity index (χ3v) is 3.77. The normalized spacial score (nSPS) is 13.4. The SMILES string of the molecule is NCCCC(N=C/C=C/c1ccc2scnc2c1)C(=O)O. The Morgan fingerprint density at radius 2 is 2.38 bits per heavy atom. The van der Waals surface area contributed by atoms with Crippen molar-refractivity contribution in [2.75, 3.05) is 6.54 Å². The Hall–Kier alpha value is -2.05. The Bertz CT molecular complexity index is 664. The van der Waals surface area contributed by atoms with Crippen molar-refractivity contribution in [3.63, 3.8) is 0 Å². The number of carboxylic acid groups (broad SMARTS) is 1. The molecule has 0 amide bonds. The number of allylic oxidation sites excluding steroid dienone is 1. The highest BCUT2D eigenvalue weighted by Gasteiger charge is 2.13. The maximum absolute atomic E-state index is 11.0. The van der Waals surface area contributed by atoms with Crippen LogP contribution in [0, 0.1) is 0 Å². The van der Waals surface area contributed by atoms with Gasteiger partial charge < -0.3 is 10.8 Å². The van der Waals surface area contributed by atoms with E-state index in [9.17, 15) is 4.79 Å². The van der Waals surface area contributed by atoms with Crippen LogP contribution in [0.1, 0.15) is 18.4 Å². The smallest absolute Gasteiger partial charge is 0.328 e. The summed E-state index contributed by atoms with van der Waals surface area (Å²) in [5.41, 5.74) is 9.17. The number of aliphatic carboxylic acids is 1. The molecule has 0 radical (unpaired) electrons. The van der Waals surface area contributed by atoms with Gasteiger partial charge in [0, 0.05) is 6.21 Å². The van der Waals surface area contributed by atoms with Gasteiger partial charge in [-0.05, 0) is 43.2 Å². The molecule has 0 spiro atoms. The van der Waals surface area contributed by atoms with E-state index < -0.39 is 12.0 Å². The first kappa shape index (κ1) is 15.3. The third-order valence-electron chi connectivity index (χ3n) is 2.96. The zero-order valence-electron chi connectivity index (χ0n) is 11.5. The van der Waals surface area contributed by atoms with Crippen LogP contribution in [-0.2, 0) is 4.79 Å². The van der Waals surface area contributed by atoms with E-state index in [4.69, 9.17) is 10.8 Å². The van der Waals surface area contributed by atoms with E-state index >= 15 is 0 Å². The number of nitrogens with two attached hydrogens (primary N) is 1. The molecule has 1 unspecified atom stereocenters. The van der Waals surface area contributed by atoms with Crippen LogP contribution >= 0.6 is 11.3 Å². The quantitative estimate of drug-likeness (QED) is 0.769. The number of fused-ring (bicyclic) bond motifs is 1. The van der Waals surface area contributed by atoms with Gasteiger partial charge in [0.05, 0.1) is 15.7 Å². The highest BCUT2D eigenvalue weighted by molar-refractivity contribution is 7.16. The molecule has 0 aliphatic rings. The number of aliphatic imine (C=N–C) groups is 1. The Kier molecular flexibility index (Phi) is 5.59. The summed E-state index contributed by atoms with van der Waals surface area (Å²) in [6.45, 7) is 0.475. The molecule has 2 rings (SSSR count). The summed E-state index contributed by atoms with van der Waals surface area (Å²) in [4.78, 5) is 19.3. The first-order chi connectivity index (χ1) is 10.2. The zero-order valence-corrected chi connectivity index (χ0v) is 12.3. The second kappa shape index (κ2) is 7.66. The Morgan fingerprint density at radius 1 is 1.52 bits per heavy atom. The van der Waals surface area contributed by atoms with Crippen molar-refractivity contribution >= 4 is 39.8 Å². The lowest BCUT2D eigenvalue weighted by Crippen LogP contribution is -2.19. The van der Waals surface area contributed by atoms with Crippen LogP contribution in [0.15, 0.2) is 34.8 Å². The van der Waals surface area contributed by atoms with Gasteiger partial charge in [0.15, 0.2) is 0 Å². The van der Waals surface area contributed by atoms with Crippen LogP contribution in [0.4, 0.5) is 0 Å². The summed E-state index contributed by atoms with van der Waals surface area (Å²) >= 11 is 1.60. The van der Waals surface area contributed by atoms with Gasteiger partial charge in [0.2, 0.25) is 0 Å². The number of hydrogen-bond acceptors (Lipinski definition) is 5. The summed E-state index contributed by atoms with van der Waals surface area (Å²) in [6.07, 6.45) is 6.26. The lowest BCUT2D eigenvalue weighted by atomic mass is 10.1. The van der Waals surface area contributed by atoms with E-state index in [0.29, 0.717) is 19.4 Å². The highest BCUT2D eigenvalue weighted by Crippen LogP contribution is 2.19. The van der Waals surface area contributed by atoms with Crippen LogP contribution in [0.3, 0.4) is 0 Å². The summed E-state index contributed by atoms with van der Waals surface area (Å²) in [5.74, 6) is -0.919. The number of hydrogen-bond donors (Lipinski definition) is 2. The highest BCUT2D eigenvalue weighted by atomic mass is 32.1. The van der Waals surface area contributed by atoms with Gasteiger partial charge in [0.25, 0.3) is 0 Å². The van der Waals surface area contributed by atoms with Crippen LogP contribution < -0.4 is 5.73 Å². The minimum absolute atomic E-state index is 0.459. The summed E-state index contributed by atoms with van der Waals surface area (Å²) in [7, 11) is 0. The molecular weight excluding hydrogens is 286 g/mol. The van der Waals surface area contributed by atoms with Gasteiger partial charge in [0.1, 0.15) is 6.04 Å². The monoisotopic (exact) mass is 303 g/mol. The number of carbonyl (C=O) groups is 1. The van der Waals surface area contributed by atoms with E-state index in [1.54, 1.807) is 17.4 Å². The van der Waals surface area contributed by atoms with Crippen molar-refractivity contribution in [2.45, 2.75) is 18.9 Å². The molecule has 5 nitrogen and oxygen atoms in total. The first-order valence-corrected chi connectivity index (χ1v) is 7.54. The van der Waals surface area contributed by atoms with Crippen LogP contribution in [-0.4, -0.2) is 34.9 Å². The van der Waals surface area contributed by atoms with Crippen LogP contribution in [0.5, 0.6) is 0 Å². The average molecular weight is 303 g/mol. The van der Waals surface area contributed by atoms with Crippen molar-refractivity contribution in [2.24, 2.45) is 10.7 Å². The molecule has 21 heavy (non-hydrogen) atoms. The Morgan fingerprint density at radius 3 is 3.14 bits per heavy atom. The fourth-order valence-electron chi connectivity index (χ4n) is 1.86. The molecule has 1 aromatic heterocycles. The molecule has 0 aliphatic heterocycles. The summed E-state index contributed by atoms with van der Waals surface area (Å²) < 4.78 is 1.15. The molecule has 0 saturated heterocycles. The second-order valence-electron chi connectivity index (χ2n) is 4.52. The minimum atomic E-state index is -0.919. The van der Waals surface area contributed by atoms with E-state index in [0.717, 1.165) is 15.8 Å². The van der Waals surface area contributed by atoms with E-state index in [1.807, 2.05) is 29.8 Å². The largest absolute Gasteiger partial charge is 0.480 e. The first-order valence-electron chi connectivity index (χ1n) is 6.66. The summed E-state index contributed by atoms with van der Waals surface area (Å²) in [6, 6.07) is 5.28. The molecular formula is C15H17N3O2S. The van der Waals surface area contributed by atoms with Gasteiger partial charge in [-0.2, -0.15) is 0 Å². The minimum Gasteiger partial charge on any atom is -0.480 e. The van der Waals surface area contributed by atoms with Gasteiger partial charge in [-0.3, -0.25) is 4.99 Å². The molecule has 1 atom stereocenters. The maximum atomic E-state index is 11.0. The molecule has 1 heterocycles. The topological polar surface area (TPSA) is 88.6 Å². The zero-order chi connectivity index (χ0) is 15.1. The Labute approximate surface area is 126 Å². The van der Waals surface area contributed by atoms with E-state index in [2.05, 4.69) is 9.98 Å². The molecule has 0 fully saturated rings. The predicted molar refractivity (Wildman–Crippen MR) is 86.9 cm³/mol. The number of carboxylic acids is 1. The van der Waals surface area contributed by atoms with Crippen LogP contribution in [0.25, 0.3) is 16.3 Å². The lowest BCUT2D eigenvalue weighted by Gasteiger charge is -2.04. The molecule has 2 aromatic rings. The third kappa shape index (κ3) is 4.47. The van der Waals surface area contributed by atoms with Gasteiger partial charge in [-0.25, -0.2) is 9.78 Å². The average Bonchev–Trinajstić information content (AvgIpc) is 2.93. The van der Waals surface area contributed by atoms with Crippen molar-refractivity contribution in [1.82, 2.24) is 4.98 Å². The van der Waals surface area contributed by atoms with Crippen molar-refractivity contribution in [1.29, 1.82) is 0 Å². The van der Waals surface area contributed by atoms with Crippen LogP contribution in [0.2, 0.25) is 0 Å². The van der Waals surface area contributed by atoms with E-state index in [1.165, 1.54) is 6.21 Å². The fraction of sp³-hybridized carbons (Fsp3) is 0.267. The molecule has 1 aromatic carbocycles. The molecule has 0 aliphatic carbocycles. The van der Waals surface area contributed by atoms with Gasteiger partial charge in [-0.15, -0.1) is 11.3 Å². The predicted octanol–water partition coefficient (Wildman–Crippen LogP) is 2.57. The number of benzene rings is 1. The van der Waals surface area contributed by atoms with E-state index in [-0.39, 0.29) is 0 Å². The molecule has 0 bridgehead atoms. The number of nitrogens with zero attached hydrogens (tertiary/aromatic N) is 2.